The van der Waals surface area contributed by atoms with Crippen molar-refractivity contribution in [2.75, 3.05) is 18.5 Å². The van der Waals surface area contributed by atoms with Crippen molar-refractivity contribution in [3.05, 3.63) is 53.3 Å². The molecule has 0 radical (unpaired) electrons. The predicted molar refractivity (Wildman–Crippen MR) is 86.2 cm³/mol. The number of Topliss-reactive ketones (excluding diaryl/α,β-unsaturated/α-hetero) is 1. The number of aryl methyl sites for hydroxylation is 1. The second-order valence-electron chi connectivity index (χ2n) is 6.00. The molecule has 0 amide bonds. The minimum absolute atomic E-state index is 0.196. The number of likely N-dealkylation sites (N-methyl/N-ethyl adjacent to an activating group) is 1. The molecule has 0 atom stereocenters. The van der Waals surface area contributed by atoms with Gasteiger partial charge in [0.05, 0.1) is 6.54 Å². The van der Waals surface area contributed by atoms with Crippen LogP contribution in [0.4, 0.5) is 5.69 Å². The van der Waals surface area contributed by atoms with Crippen LogP contribution < -0.4 is 4.90 Å². The number of aromatic nitrogens is 1. The fraction of sp³-hybridized carbons (Fsp3) is 0.389. The first kappa shape index (κ1) is 13.9. The smallest absolute Gasteiger partial charge is 0.183 e. The van der Waals surface area contributed by atoms with E-state index in [1.165, 1.54) is 18.5 Å². The van der Waals surface area contributed by atoms with E-state index in [4.69, 9.17) is 0 Å². The van der Waals surface area contributed by atoms with Crippen LogP contribution in [0.15, 0.2) is 36.4 Å². The van der Waals surface area contributed by atoms with Crippen LogP contribution in [0.1, 0.15) is 40.6 Å². The average Bonchev–Trinajstić information content (AvgIpc) is 3.25. The molecular weight excluding hydrogens is 260 g/mol. The zero-order chi connectivity index (χ0) is 15.0. The summed E-state index contributed by atoms with van der Waals surface area (Å²) in [6.45, 7) is 4.59. The lowest BCUT2D eigenvalue weighted by molar-refractivity contribution is 0.0999. The molecule has 1 aliphatic carbocycles. The van der Waals surface area contributed by atoms with Crippen molar-refractivity contribution in [1.29, 1.82) is 0 Å². The molecular formula is C18H22N2O. The summed E-state index contributed by atoms with van der Waals surface area (Å²) in [6, 6.07) is 12.7. The number of nitrogens with zero attached hydrogens (tertiary/aromatic N) is 2. The number of carbonyl (C=O) groups excluding carboxylic acids is 1. The standard InChI is InChI=1S/C18H22N2O/c1-13-11-17(14(2)20(13)16-9-10-16)18(21)12-19(3)15-7-5-4-6-8-15/h4-8,11,16H,9-10,12H2,1-3H3. The molecule has 1 heterocycles. The molecule has 110 valence electrons. The molecule has 1 saturated carbocycles. The highest BCUT2D eigenvalue weighted by Gasteiger charge is 2.28. The molecule has 0 N–H and O–H groups in total. The first-order valence-corrected chi connectivity index (χ1v) is 7.55. The van der Waals surface area contributed by atoms with Crippen LogP contribution in [0.25, 0.3) is 0 Å². The monoisotopic (exact) mass is 282 g/mol. The summed E-state index contributed by atoms with van der Waals surface area (Å²) < 4.78 is 2.33. The Hall–Kier alpha value is -2.03. The number of hydrogen-bond donors (Lipinski definition) is 0. The van der Waals surface area contributed by atoms with Gasteiger partial charge in [0, 0.05) is 35.7 Å². The Bertz CT molecular complexity index is 653. The lowest BCUT2D eigenvalue weighted by atomic mass is 10.1. The van der Waals surface area contributed by atoms with Crippen LogP contribution in [-0.4, -0.2) is 23.9 Å². The Morgan fingerprint density at radius 2 is 1.90 bits per heavy atom. The van der Waals surface area contributed by atoms with Crippen LogP contribution >= 0.6 is 0 Å². The topological polar surface area (TPSA) is 25.2 Å². The lowest BCUT2D eigenvalue weighted by Gasteiger charge is -2.18. The van der Waals surface area contributed by atoms with Gasteiger partial charge in [0.15, 0.2) is 5.78 Å². The first-order valence-electron chi connectivity index (χ1n) is 7.55. The van der Waals surface area contributed by atoms with Crippen molar-refractivity contribution in [3.8, 4) is 0 Å². The minimum atomic E-state index is 0.196. The van der Waals surface area contributed by atoms with Crippen LogP contribution in [-0.2, 0) is 0 Å². The van der Waals surface area contributed by atoms with Gasteiger partial charge in [0.1, 0.15) is 0 Å². The molecule has 3 nitrogen and oxygen atoms in total. The van der Waals surface area contributed by atoms with Gasteiger partial charge in [-0.2, -0.15) is 0 Å². The van der Waals surface area contributed by atoms with E-state index in [0.717, 1.165) is 16.9 Å². The zero-order valence-corrected chi connectivity index (χ0v) is 13.0. The van der Waals surface area contributed by atoms with E-state index in [2.05, 4.69) is 24.5 Å². The second-order valence-corrected chi connectivity index (χ2v) is 6.00. The molecule has 3 heteroatoms. The molecule has 0 aliphatic heterocycles. The number of hydrogen-bond acceptors (Lipinski definition) is 2. The predicted octanol–water partition coefficient (Wildman–Crippen LogP) is 3.76. The van der Waals surface area contributed by atoms with Gasteiger partial charge in [-0.05, 0) is 44.9 Å². The van der Waals surface area contributed by atoms with E-state index in [1.807, 2.05) is 42.3 Å². The van der Waals surface area contributed by atoms with Gasteiger partial charge in [-0.1, -0.05) is 18.2 Å². The van der Waals surface area contributed by atoms with Crippen molar-refractivity contribution in [2.45, 2.75) is 32.7 Å². The Kier molecular flexibility index (Phi) is 3.58. The summed E-state index contributed by atoms with van der Waals surface area (Å²) in [7, 11) is 1.97. The maximum absolute atomic E-state index is 12.6. The van der Waals surface area contributed by atoms with Gasteiger partial charge in [-0.15, -0.1) is 0 Å². The molecule has 0 spiro atoms. The summed E-state index contributed by atoms with van der Waals surface area (Å²) in [6.07, 6.45) is 2.49. The third kappa shape index (κ3) is 2.73. The molecule has 3 rings (SSSR count). The summed E-state index contributed by atoms with van der Waals surface area (Å²) in [5.41, 5.74) is 4.28. The summed E-state index contributed by atoms with van der Waals surface area (Å²) in [4.78, 5) is 14.6. The van der Waals surface area contributed by atoms with E-state index in [0.29, 0.717) is 12.6 Å². The summed E-state index contributed by atoms with van der Waals surface area (Å²) in [5, 5.41) is 0. The van der Waals surface area contributed by atoms with Crippen molar-refractivity contribution in [1.82, 2.24) is 4.57 Å². The molecule has 2 aromatic rings. The fourth-order valence-electron chi connectivity index (χ4n) is 3.03. The number of anilines is 1. The van der Waals surface area contributed by atoms with Gasteiger partial charge in [-0.3, -0.25) is 4.79 Å². The quantitative estimate of drug-likeness (QED) is 0.780. The normalized spacial score (nSPS) is 14.2. The average molecular weight is 282 g/mol. The van der Waals surface area contributed by atoms with E-state index < -0.39 is 0 Å². The largest absolute Gasteiger partial charge is 0.367 e. The van der Waals surface area contributed by atoms with Crippen molar-refractivity contribution >= 4 is 11.5 Å². The van der Waals surface area contributed by atoms with Crippen molar-refractivity contribution in [3.63, 3.8) is 0 Å². The van der Waals surface area contributed by atoms with Crippen LogP contribution in [0.2, 0.25) is 0 Å². The van der Waals surface area contributed by atoms with E-state index in [9.17, 15) is 4.79 Å². The zero-order valence-electron chi connectivity index (χ0n) is 13.0. The number of ketones is 1. The number of para-hydroxylation sites is 1. The first-order chi connectivity index (χ1) is 10.1. The van der Waals surface area contributed by atoms with Crippen LogP contribution in [0.3, 0.4) is 0 Å². The van der Waals surface area contributed by atoms with Gasteiger partial charge in [0.25, 0.3) is 0 Å². The SMILES string of the molecule is Cc1cc(C(=O)CN(C)c2ccccc2)c(C)n1C1CC1. The Labute approximate surface area is 126 Å². The highest BCUT2D eigenvalue weighted by atomic mass is 16.1. The number of benzene rings is 1. The molecule has 1 aromatic heterocycles. The third-order valence-corrected chi connectivity index (χ3v) is 4.27. The highest BCUT2D eigenvalue weighted by Crippen LogP contribution is 2.38. The van der Waals surface area contributed by atoms with Gasteiger partial charge < -0.3 is 9.47 Å². The molecule has 0 unspecified atom stereocenters. The maximum Gasteiger partial charge on any atom is 0.183 e. The minimum Gasteiger partial charge on any atom is -0.367 e. The Morgan fingerprint density at radius 3 is 2.52 bits per heavy atom. The van der Waals surface area contributed by atoms with E-state index in [-0.39, 0.29) is 5.78 Å². The molecule has 0 bridgehead atoms. The van der Waals surface area contributed by atoms with Crippen LogP contribution in [0, 0.1) is 13.8 Å². The van der Waals surface area contributed by atoms with Crippen molar-refractivity contribution < 1.29 is 4.79 Å². The summed E-state index contributed by atoms with van der Waals surface area (Å²) in [5.74, 6) is 0.196. The lowest BCUT2D eigenvalue weighted by Crippen LogP contribution is -2.25. The molecule has 1 aliphatic rings. The Morgan fingerprint density at radius 1 is 1.24 bits per heavy atom. The fourth-order valence-corrected chi connectivity index (χ4v) is 3.03. The number of rotatable bonds is 5. The maximum atomic E-state index is 12.6. The number of carbonyl (C=O) groups is 1. The summed E-state index contributed by atoms with van der Waals surface area (Å²) >= 11 is 0. The van der Waals surface area contributed by atoms with Gasteiger partial charge >= 0.3 is 0 Å². The highest BCUT2D eigenvalue weighted by molar-refractivity contribution is 6.00. The van der Waals surface area contributed by atoms with Gasteiger partial charge in [-0.25, -0.2) is 0 Å². The van der Waals surface area contributed by atoms with E-state index in [1.54, 1.807) is 0 Å². The second kappa shape index (κ2) is 5.40. The molecule has 21 heavy (non-hydrogen) atoms. The van der Waals surface area contributed by atoms with Crippen LogP contribution in [0.5, 0.6) is 0 Å². The third-order valence-electron chi connectivity index (χ3n) is 4.27. The Balaban J connectivity index is 1.78. The molecule has 1 fully saturated rings. The molecule has 1 aromatic carbocycles. The van der Waals surface area contributed by atoms with Gasteiger partial charge in [0.2, 0.25) is 0 Å². The van der Waals surface area contributed by atoms with E-state index >= 15 is 0 Å². The van der Waals surface area contributed by atoms with Crippen molar-refractivity contribution in [2.24, 2.45) is 0 Å². The molecule has 0 saturated heterocycles.